The van der Waals surface area contributed by atoms with Crippen LogP contribution in [0.4, 0.5) is 22.0 Å². The van der Waals surface area contributed by atoms with E-state index in [9.17, 15) is 22.0 Å². The fraction of sp³-hybridized carbons (Fsp3) is 0.615. The number of hydrogen-bond donors (Lipinski definition) is 1. The smallest absolute Gasteiger partial charge is 0.417 e. The molecule has 0 bridgehead atoms. The SMILES string of the molecule is C[C@@H]1CC(F)(F)CNC1COc1ccc(C(F)(F)F)cn1. The largest absolute Gasteiger partial charge is 0.476 e. The summed E-state index contributed by atoms with van der Waals surface area (Å²) in [6, 6.07) is 1.70. The van der Waals surface area contributed by atoms with Crippen LogP contribution in [0.25, 0.3) is 0 Å². The van der Waals surface area contributed by atoms with Crippen molar-refractivity contribution in [1.82, 2.24) is 10.3 Å². The number of rotatable bonds is 3. The molecule has 1 aliphatic rings. The Morgan fingerprint density at radius 1 is 1.38 bits per heavy atom. The molecule has 21 heavy (non-hydrogen) atoms. The minimum atomic E-state index is -4.45. The van der Waals surface area contributed by atoms with Crippen molar-refractivity contribution in [1.29, 1.82) is 0 Å². The summed E-state index contributed by atoms with van der Waals surface area (Å²) in [6.07, 6.45) is -4.01. The summed E-state index contributed by atoms with van der Waals surface area (Å²) in [5.74, 6) is -3.00. The third kappa shape index (κ3) is 4.26. The van der Waals surface area contributed by atoms with Gasteiger partial charge in [0.1, 0.15) is 6.61 Å². The minimum Gasteiger partial charge on any atom is -0.476 e. The van der Waals surface area contributed by atoms with Gasteiger partial charge in [-0.2, -0.15) is 13.2 Å². The third-order valence-electron chi connectivity index (χ3n) is 3.40. The standard InChI is InChI=1S/C13H15F5N2O/c1-8-4-12(14,15)7-20-10(8)6-21-11-3-2-9(5-19-11)13(16,17)18/h2-3,5,8,10,20H,4,6-7H2,1H3/t8-,10?/m1/s1. The monoisotopic (exact) mass is 310 g/mol. The maximum absolute atomic E-state index is 13.1. The van der Waals surface area contributed by atoms with Gasteiger partial charge in [0.15, 0.2) is 0 Å². The molecule has 2 rings (SSSR count). The fourth-order valence-corrected chi connectivity index (χ4v) is 2.20. The highest BCUT2D eigenvalue weighted by Crippen LogP contribution is 2.30. The number of pyridine rings is 1. The zero-order chi connectivity index (χ0) is 15.7. The average molecular weight is 310 g/mol. The van der Waals surface area contributed by atoms with Crippen LogP contribution in [0.5, 0.6) is 5.88 Å². The van der Waals surface area contributed by atoms with Gasteiger partial charge < -0.3 is 10.1 Å². The Labute approximate surface area is 118 Å². The first-order valence-electron chi connectivity index (χ1n) is 6.45. The molecule has 0 amide bonds. The average Bonchev–Trinajstić information content (AvgIpc) is 2.36. The van der Waals surface area contributed by atoms with Crippen molar-refractivity contribution >= 4 is 0 Å². The second-order valence-electron chi connectivity index (χ2n) is 5.22. The number of hydrogen-bond acceptors (Lipinski definition) is 3. The number of nitrogens with zero attached hydrogens (tertiary/aromatic N) is 1. The fourth-order valence-electron chi connectivity index (χ4n) is 2.20. The number of piperidine rings is 1. The topological polar surface area (TPSA) is 34.1 Å². The summed E-state index contributed by atoms with van der Waals surface area (Å²) in [5.41, 5.74) is -0.862. The Balaban J connectivity index is 1.89. The maximum atomic E-state index is 13.1. The molecule has 0 aromatic carbocycles. The molecule has 0 aliphatic carbocycles. The van der Waals surface area contributed by atoms with E-state index in [0.29, 0.717) is 6.20 Å². The lowest BCUT2D eigenvalue weighted by molar-refractivity contribution is -0.137. The molecule has 0 saturated carbocycles. The van der Waals surface area contributed by atoms with Gasteiger partial charge >= 0.3 is 6.18 Å². The van der Waals surface area contributed by atoms with Gasteiger partial charge in [-0.1, -0.05) is 6.92 Å². The van der Waals surface area contributed by atoms with Crippen LogP contribution in [0.3, 0.4) is 0 Å². The van der Waals surface area contributed by atoms with Crippen molar-refractivity contribution in [2.45, 2.75) is 31.5 Å². The van der Waals surface area contributed by atoms with Crippen LogP contribution in [0.1, 0.15) is 18.9 Å². The van der Waals surface area contributed by atoms with E-state index < -0.39 is 24.2 Å². The Morgan fingerprint density at radius 3 is 2.62 bits per heavy atom. The molecule has 1 unspecified atom stereocenters. The van der Waals surface area contributed by atoms with Gasteiger partial charge in [0.05, 0.1) is 12.1 Å². The highest BCUT2D eigenvalue weighted by Gasteiger charge is 2.39. The Hall–Kier alpha value is -1.44. The van der Waals surface area contributed by atoms with E-state index in [-0.39, 0.29) is 30.9 Å². The zero-order valence-corrected chi connectivity index (χ0v) is 11.3. The van der Waals surface area contributed by atoms with E-state index in [4.69, 9.17) is 4.74 Å². The molecule has 1 aliphatic heterocycles. The molecular weight excluding hydrogens is 295 g/mol. The van der Waals surface area contributed by atoms with Crippen molar-refractivity contribution in [3.63, 3.8) is 0 Å². The van der Waals surface area contributed by atoms with Crippen molar-refractivity contribution in [2.75, 3.05) is 13.2 Å². The lowest BCUT2D eigenvalue weighted by atomic mass is 9.91. The molecule has 2 heterocycles. The van der Waals surface area contributed by atoms with Crippen LogP contribution >= 0.6 is 0 Å². The highest BCUT2D eigenvalue weighted by molar-refractivity contribution is 5.20. The van der Waals surface area contributed by atoms with Crippen LogP contribution in [0.15, 0.2) is 18.3 Å². The molecule has 1 fully saturated rings. The van der Waals surface area contributed by atoms with Gasteiger partial charge in [-0.05, 0) is 12.0 Å². The lowest BCUT2D eigenvalue weighted by Crippen LogP contribution is -2.52. The van der Waals surface area contributed by atoms with Crippen molar-refractivity contribution < 1.29 is 26.7 Å². The number of nitrogens with one attached hydrogen (secondary N) is 1. The van der Waals surface area contributed by atoms with E-state index in [2.05, 4.69) is 10.3 Å². The Morgan fingerprint density at radius 2 is 2.10 bits per heavy atom. The molecule has 1 aromatic heterocycles. The van der Waals surface area contributed by atoms with Crippen LogP contribution in [0.2, 0.25) is 0 Å². The molecule has 1 saturated heterocycles. The van der Waals surface area contributed by atoms with Gasteiger partial charge in [-0.3, -0.25) is 0 Å². The number of alkyl halides is 5. The second kappa shape index (κ2) is 5.75. The van der Waals surface area contributed by atoms with E-state index in [1.165, 1.54) is 0 Å². The summed E-state index contributed by atoms with van der Waals surface area (Å²) in [4.78, 5) is 3.57. The molecule has 0 radical (unpaired) electrons. The summed E-state index contributed by atoms with van der Waals surface area (Å²) in [5, 5.41) is 2.68. The number of halogens is 5. The van der Waals surface area contributed by atoms with Crippen molar-refractivity contribution in [3.05, 3.63) is 23.9 Å². The quantitative estimate of drug-likeness (QED) is 0.871. The van der Waals surface area contributed by atoms with Crippen molar-refractivity contribution in [2.24, 2.45) is 5.92 Å². The van der Waals surface area contributed by atoms with E-state index in [1.54, 1.807) is 6.92 Å². The van der Waals surface area contributed by atoms with E-state index in [0.717, 1.165) is 12.1 Å². The molecule has 1 aromatic rings. The first-order valence-corrected chi connectivity index (χ1v) is 6.45. The van der Waals surface area contributed by atoms with Gasteiger partial charge in [0, 0.05) is 24.7 Å². The number of aromatic nitrogens is 1. The molecule has 2 atom stereocenters. The van der Waals surface area contributed by atoms with Gasteiger partial charge in [0.2, 0.25) is 5.88 Å². The van der Waals surface area contributed by atoms with Gasteiger partial charge in [-0.25, -0.2) is 13.8 Å². The first-order chi connectivity index (χ1) is 9.67. The van der Waals surface area contributed by atoms with Crippen LogP contribution in [-0.4, -0.2) is 30.1 Å². The van der Waals surface area contributed by atoms with Gasteiger partial charge in [-0.15, -0.1) is 0 Å². The Bertz CT molecular complexity index is 474. The summed E-state index contributed by atoms with van der Waals surface area (Å²) in [6.45, 7) is 1.33. The van der Waals surface area contributed by atoms with Crippen LogP contribution in [0, 0.1) is 5.92 Å². The predicted octanol–water partition coefficient (Wildman–Crippen LogP) is 3.11. The molecular formula is C13H15F5N2O. The number of ether oxygens (including phenoxy) is 1. The highest BCUT2D eigenvalue weighted by atomic mass is 19.4. The lowest BCUT2D eigenvalue weighted by Gasteiger charge is -2.34. The minimum absolute atomic E-state index is 0.0364. The van der Waals surface area contributed by atoms with Crippen LogP contribution in [-0.2, 0) is 6.18 Å². The first kappa shape index (κ1) is 15.9. The molecule has 1 N–H and O–H groups in total. The maximum Gasteiger partial charge on any atom is 0.417 e. The summed E-state index contributed by atoms with van der Waals surface area (Å²) < 4.78 is 68.6. The molecule has 0 spiro atoms. The van der Waals surface area contributed by atoms with Crippen molar-refractivity contribution in [3.8, 4) is 5.88 Å². The van der Waals surface area contributed by atoms with E-state index >= 15 is 0 Å². The predicted molar refractivity (Wildman–Crippen MR) is 65.3 cm³/mol. The molecule has 8 heteroatoms. The Kier molecular flexibility index (Phi) is 4.36. The molecule has 3 nitrogen and oxygen atoms in total. The normalized spacial score (nSPS) is 25.6. The second-order valence-corrected chi connectivity index (χ2v) is 5.22. The van der Waals surface area contributed by atoms with Gasteiger partial charge in [0.25, 0.3) is 5.92 Å². The molecule has 118 valence electrons. The summed E-state index contributed by atoms with van der Waals surface area (Å²) in [7, 11) is 0. The van der Waals surface area contributed by atoms with E-state index in [1.807, 2.05) is 0 Å². The summed E-state index contributed by atoms with van der Waals surface area (Å²) >= 11 is 0. The third-order valence-corrected chi connectivity index (χ3v) is 3.40. The zero-order valence-electron chi connectivity index (χ0n) is 11.3. The van der Waals surface area contributed by atoms with Crippen LogP contribution < -0.4 is 10.1 Å².